The first-order valence-electron chi connectivity index (χ1n) is 6.67. The quantitative estimate of drug-likeness (QED) is 0.723. The zero-order chi connectivity index (χ0) is 11.8. The van der Waals surface area contributed by atoms with Crippen LogP contribution in [-0.4, -0.2) is 44.8 Å². The normalized spacial score (nSPS) is 20.2. The molecule has 2 N–H and O–H groups in total. The van der Waals surface area contributed by atoms with E-state index in [-0.39, 0.29) is 0 Å². The van der Waals surface area contributed by atoms with Gasteiger partial charge in [0, 0.05) is 26.2 Å². The second kappa shape index (κ2) is 8.04. The van der Waals surface area contributed by atoms with E-state index in [9.17, 15) is 0 Å². The van der Waals surface area contributed by atoms with Crippen LogP contribution in [0.15, 0.2) is 0 Å². The van der Waals surface area contributed by atoms with E-state index in [1.54, 1.807) is 7.11 Å². The maximum atomic E-state index is 5.88. The number of hydrogen-bond donors (Lipinski definition) is 1. The monoisotopic (exact) mass is 228 g/mol. The molecule has 0 bridgehead atoms. The molecule has 1 saturated carbocycles. The summed E-state index contributed by atoms with van der Waals surface area (Å²) in [6.07, 6.45) is 8.37. The highest BCUT2D eigenvalue weighted by Gasteiger charge is 2.20. The van der Waals surface area contributed by atoms with Crippen molar-refractivity contribution in [3.8, 4) is 0 Å². The number of hydrogen-bond acceptors (Lipinski definition) is 3. The van der Waals surface area contributed by atoms with Gasteiger partial charge in [0.15, 0.2) is 0 Å². The average Bonchev–Trinajstić information content (AvgIpc) is 2.34. The van der Waals surface area contributed by atoms with Crippen LogP contribution in [0.2, 0.25) is 0 Å². The summed E-state index contributed by atoms with van der Waals surface area (Å²) >= 11 is 0. The minimum atomic E-state index is 0.540. The molecule has 1 atom stereocenters. The summed E-state index contributed by atoms with van der Waals surface area (Å²) in [5, 5.41) is 0. The summed E-state index contributed by atoms with van der Waals surface area (Å²) in [6.45, 7) is 2.57. The lowest BCUT2D eigenvalue weighted by atomic mass is 9.84. The van der Waals surface area contributed by atoms with Gasteiger partial charge in [0.05, 0.1) is 6.61 Å². The van der Waals surface area contributed by atoms with E-state index < -0.39 is 0 Å². The standard InChI is InChI=1S/C13H28N2O/c1-15(8-9-16-2)13(11-14)10-12-6-4-3-5-7-12/h12-13H,3-11,14H2,1-2H3. The van der Waals surface area contributed by atoms with Crippen molar-refractivity contribution < 1.29 is 4.74 Å². The van der Waals surface area contributed by atoms with Gasteiger partial charge >= 0.3 is 0 Å². The number of ether oxygens (including phenoxy) is 1. The number of rotatable bonds is 7. The molecule has 1 aliphatic carbocycles. The highest BCUT2D eigenvalue weighted by molar-refractivity contribution is 4.76. The fourth-order valence-corrected chi connectivity index (χ4v) is 2.68. The SMILES string of the molecule is COCCN(C)C(CN)CC1CCCCC1. The minimum Gasteiger partial charge on any atom is -0.383 e. The number of likely N-dealkylation sites (N-methyl/N-ethyl adjacent to an activating group) is 1. The molecule has 0 amide bonds. The van der Waals surface area contributed by atoms with Gasteiger partial charge in [0.1, 0.15) is 0 Å². The van der Waals surface area contributed by atoms with Gasteiger partial charge in [-0.05, 0) is 19.4 Å². The van der Waals surface area contributed by atoms with Gasteiger partial charge in [-0.2, -0.15) is 0 Å². The van der Waals surface area contributed by atoms with Crippen LogP contribution in [-0.2, 0) is 4.74 Å². The number of nitrogens with zero attached hydrogens (tertiary/aromatic N) is 1. The van der Waals surface area contributed by atoms with E-state index in [0.717, 1.165) is 25.6 Å². The Morgan fingerprint density at radius 1 is 1.31 bits per heavy atom. The summed E-state index contributed by atoms with van der Waals surface area (Å²) in [5.41, 5.74) is 5.88. The molecule has 0 aliphatic heterocycles. The Hall–Kier alpha value is -0.120. The molecule has 0 saturated heterocycles. The third-order valence-electron chi connectivity index (χ3n) is 3.87. The second-order valence-electron chi connectivity index (χ2n) is 5.10. The lowest BCUT2D eigenvalue weighted by Crippen LogP contribution is -2.41. The summed E-state index contributed by atoms with van der Waals surface area (Å²) in [6, 6.07) is 0.540. The Labute approximate surface area is 100 Å². The predicted molar refractivity (Wildman–Crippen MR) is 68.5 cm³/mol. The van der Waals surface area contributed by atoms with Gasteiger partial charge in [0.25, 0.3) is 0 Å². The Morgan fingerprint density at radius 3 is 2.56 bits per heavy atom. The van der Waals surface area contributed by atoms with E-state index in [1.165, 1.54) is 38.5 Å². The maximum absolute atomic E-state index is 5.88. The first kappa shape index (κ1) is 13.9. The van der Waals surface area contributed by atoms with Crippen molar-refractivity contribution in [1.82, 2.24) is 4.90 Å². The highest BCUT2D eigenvalue weighted by atomic mass is 16.5. The molecule has 0 radical (unpaired) electrons. The fraction of sp³-hybridized carbons (Fsp3) is 1.00. The Bertz CT molecular complexity index is 169. The van der Waals surface area contributed by atoms with Gasteiger partial charge < -0.3 is 10.5 Å². The van der Waals surface area contributed by atoms with Crippen LogP contribution >= 0.6 is 0 Å². The molecule has 0 aromatic heterocycles. The first-order valence-corrected chi connectivity index (χ1v) is 6.67. The smallest absolute Gasteiger partial charge is 0.0589 e. The first-order chi connectivity index (χ1) is 7.77. The van der Waals surface area contributed by atoms with Crippen LogP contribution in [0.1, 0.15) is 38.5 Å². The molecule has 1 aliphatic rings. The van der Waals surface area contributed by atoms with E-state index in [1.807, 2.05) is 0 Å². The van der Waals surface area contributed by atoms with Crippen molar-refractivity contribution in [3.05, 3.63) is 0 Å². The Balaban J connectivity index is 2.28. The Morgan fingerprint density at radius 2 is 2.00 bits per heavy atom. The van der Waals surface area contributed by atoms with Crippen molar-refractivity contribution in [3.63, 3.8) is 0 Å². The van der Waals surface area contributed by atoms with Crippen molar-refractivity contribution >= 4 is 0 Å². The zero-order valence-electron chi connectivity index (χ0n) is 11.0. The maximum Gasteiger partial charge on any atom is 0.0589 e. The Kier molecular flexibility index (Phi) is 7.01. The predicted octanol–water partition coefficient (Wildman–Crippen LogP) is 1.86. The van der Waals surface area contributed by atoms with Crippen LogP contribution in [0.5, 0.6) is 0 Å². The van der Waals surface area contributed by atoms with Gasteiger partial charge in [-0.25, -0.2) is 0 Å². The fourth-order valence-electron chi connectivity index (χ4n) is 2.68. The average molecular weight is 228 g/mol. The largest absolute Gasteiger partial charge is 0.383 e. The zero-order valence-corrected chi connectivity index (χ0v) is 11.0. The molecule has 3 heteroatoms. The van der Waals surface area contributed by atoms with Gasteiger partial charge in [-0.15, -0.1) is 0 Å². The molecule has 16 heavy (non-hydrogen) atoms. The van der Waals surface area contributed by atoms with Crippen LogP contribution in [0.4, 0.5) is 0 Å². The van der Waals surface area contributed by atoms with Gasteiger partial charge in [-0.3, -0.25) is 4.90 Å². The molecular weight excluding hydrogens is 200 g/mol. The van der Waals surface area contributed by atoms with Crippen LogP contribution < -0.4 is 5.73 Å². The molecule has 1 rings (SSSR count). The summed E-state index contributed by atoms with van der Waals surface area (Å²) in [4.78, 5) is 2.36. The van der Waals surface area contributed by atoms with Gasteiger partial charge in [0.2, 0.25) is 0 Å². The van der Waals surface area contributed by atoms with Crippen LogP contribution in [0, 0.1) is 5.92 Å². The highest BCUT2D eigenvalue weighted by Crippen LogP contribution is 2.28. The molecule has 96 valence electrons. The van der Waals surface area contributed by atoms with Crippen molar-refractivity contribution in [1.29, 1.82) is 0 Å². The lowest BCUT2D eigenvalue weighted by molar-refractivity contribution is 0.126. The molecule has 0 spiro atoms. The van der Waals surface area contributed by atoms with Crippen LogP contribution in [0.3, 0.4) is 0 Å². The summed E-state index contributed by atoms with van der Waals surface area (Å²) in [5.74, 6) is 0.910. The molecule has 1 fully saturated rings. The molecular formula is C13H28N2O. The van der Waals surface area contributed by atoms with Crippen LogP contribution in [0.25, 0.3) is 0 Å². The van der Waals surface area contributed by atoms with E-state index in [4.69, 9.17) is 10.5 Å². The molecule has 0 heterocycles. The van der Waals surface area contributed by atoms with E-state index >= 15 is 0 Å². The number of nitrogens with two attached hydrogens (primary N) is 1. The molecule has 0 aromatic carbocycles. The molecule has 3 nitrogen and oxygen atoms in total. The van der Waals surface area contributed by atoms with E-state index in [2.05, 4.69) is 11.9 Å². The topological polar surface area (TPSA) is 38.5 Å². The van der Waals surface area contributed by atoms with Crippen molar-refractivity contribution in [2.24, 2.45) is 11.7 Å². The van der Waals surface area contributed by atoms with Crippen molar-refractivity contribution in [2.45, 2.75) is 44.6 Å². The van der Waals surface area contributed by atoms with E-state index in [0.29, 0.717) is 6.04 Å². The lowest BCUT2D eigenvalue weighted by Gasteiger charge is -2.31. The number of methoxy groups -OCH3 is 1. The summed E-state index contributed by atoms with van der Waals surface area (Å²) < 4.78 is 5.11. The molecule has 1 unspecified atom stereocenters. The minimum absolute atomic E-state index is 0.540. The molecule has 0 aromatic rings. The second-order valence-corrected chi connectivity index (χ2v) is 5.10. The summed E-state index contributed by atoms with van der Waals surface area (Å²) in [7, 11) is 3.92. The third-order valence-corrected chi connectivity index (χ3v) is 3.87. The van der Waals surface area contributed by atoms with Gasteiger partial charge in [-0.1, -0.05) is 32.1 Å². The van der Waals surface area contributed by atoms with Crippen molar-refractivity contribution in [2.75, 3.05) is 33.9 Å². The third kappa shape index (κ3) is 4.81.